The molecule has 2 bridgehead atoms. The molecule has 4 rings (SSSR count). The van der Waals surface area contributed by atoms with Gasteiger partial charge >= 0.3 is 0 Å². The Bertz CT molecular complexity index is 606. The third-order valence-electron chi connectivity index (χ3n) is 5.98. The van der Waals surface area contributed by atoms with E-state index in [4.69, 9.17) is 14.2 Å². The van der Waals surface area contributed by atoms with Crippen LogP contribution in [0.4, 0.5) is 4.39 Å². The Hall–Kier alpha value is -1.33. The summed E-state index contributed by atoms with van der Waals surface area (Å²) >= 11 is 0. The summed E-state index contributed by atoms with van der Waals surface area (Å²) in [5.41, 5.74) is 0.611. The number of nitrogens with one attached hydrogen (secondary N) is 1. The molecule has 0 amide bonds. The first kappa shape index (κ1) is 15.2. The molecule has 3 aliphatic rings. The lowest BCUT2D eigenvalue weighted by atomic mass is 9.86. The zero-order valence-corrected chi connectivity index (χ0v) is 13.8. The van der Waals surface area contributed by atoms with E-state index in [1.807, 2.05) is 6.92 Å². The van der Waals surface area contributed by atoms with Gasteiger partial charge in [0.1, 0.15) is 5.82 Å². The molecule has 3 fully saturated rings. The summed E-state index contributed by atoms with van der Waals surface area (Å²) < 4.78 is 30.9. The Morgan fingerprint density at radius 3 is 2.65 bits per heavy atom. The van der Waals surface area contributed by atoms with Crippen LogP contribution in [0.3, 0.4) is 0 Å². The van der Waals surface area contributed by atoms with Crippen molar-refractivity contribution in [1.29, 1.82) is 0 Å². The van der Waals surface area contributed by atoms with Crippen molar-refractivity contribution in [2.75, 3.05) is 20.8 Å². The second-order valence-corrected chi connectivity index (χ2v) is 7.10. The van der Waals surface area contributed by atoms with E-state index >= 15 is 0 Å². The number of benzene rings is 1. The molecule has 1 saturated heterocycles. The molecule has 1 aromatic rings. The second-order valence-electron chi connectivity index (χ2n) is 7.10. The van der Waals surface area contributed by atoms with Crippen LogP contribution < -0.4 is 14.8 Å². The van der Waals surface area contributed by atoms with Gasteiger partial charge in [0.25, 0.3) is 0 Å². The topological polar surface area (TPSA) is 39.7 Å². The monoisotopic (exact) mass is 321 g/mol. The van der Waals surface area contributed by atoms with Gasteiger partial charge in [-0.05, 0) is 43.6 Å². The molecule has 4 nitrogen and oxygen atoms in total. The van der Waals surface area contributed by atoms with Gasteiger partial charge in [0.15, 0.2) is 11.5 Å². The lowest BCUT2D eigenvalue weighted by molar-refractivity contribution is 0.0724. The normalized spacial score (nSPS) is 35.6. The predicted molar refractivity (Wildman–Crippen MR) is 84.3 cm³/mol. The van der Waals surface area contributed by atoms with Crippen LogP contribution in [0, 0.1) is 23.6 Å². The highest BCUT2D eigenvalue weighted by Gasteiger charge is 2.57. The van der Waals surface area contributed by atoms with Gasteiger partial charge in [-0.2, -0.15) is 0 Å². The van der Waals surface area contributed by atoms with Crippen LogP contribution in [0.25, 0.3) is 0 Å². The first-order valence-electron chi connectivity index (χ1n) is 8.41. The third kappa shape index (κ3) is 2.32. The second kappa shape index (κ2) is 5.64. The van der Waals surface area contributed by atoms with E-state index in [-0.39, 0.29) is 11.9 Å². The van der Waals surface area contributed by atoms with E-state index in [1.165, 1.54) is 26.0 Å². The minimum absolute atomic E-state index is 0.0955. The first-order chi connectivity index (χ1) is 11.1. The molecule has 0 spiro atoms. The summed E-state index contributed by atoms with van der Waals surface area (Å²) in [4.78, 5) is 0. The maximum Gasteiger partial charge on any atom is 0.163 e. The number of hydrogen-bond acceptors (Lipinski definition) is 4. The van der Waals surface area contributed by atoms with E-state index < -0.39 is 0 Å². The Kier molecular flexibility index (Phi) is 3.73. The maximum atomic E-state index is 14.4. The fourth-order valence-corrected chi connectivity index (χ4v) is 4.90. The van der Waals surface area contributed by atoms with Crippen LogP contribution >= 0.6 is 0 Å². The molecule has 1 N–H and O–H groups in total. The number of ether oxygens (including phenoxy) is 3. The molecule has 1 aliphatic heterocycles. The fourth-order valence-electron chi connectivity index (χ4n) is 4.90. The van der Waals surface area contributed by atoms with Crippen molar-refractivity contribution in [2.45, 2.75) is 38.0 Å². The summed E-state index contributed by atoms with van der Waals surface area (Å²) in [5.74, 6) is 2.85. The summed E-state index contributed by atoms with van der Waals surface area (Å²) in [5, 5.41) is 3.62. The Balaban J connectivity index is 1.54. The van der Waals surface area contributed by atoms with Gasteiger partial charge in [-0.25, -0.2) is 4.39 Å². The van der Waals surface area contributed by atoms with Crippen LogP contribution in [-0.4, -0.2) is 33.0 Å². The van der Waals surface area contributed by atoms with Crippen molar-refractivity contribution in [3.8, 4) is 11.5 Å². The summed E-state index contributed by atoms with van der Waals surface area (Å²) in [6.07, 6.45) is 2.82. The van der Waals surface area contributed by atoms with Crippen molar-refractivity contribution in [2.24, 2.45) is 17.8 Å². The summed E-state index contributed by atoms with van der Waals surface area (Å²) in [7, 11) is 3.09. The van der Waals surface area contributed by atoms with Crippen LogP contribution in [0.5, 0.6) is 11.5 Å². The fraction of sp³-hybridized carbons (Fsp3) is 0.667. The molecule has 1 aromatic carbocycles. The summed E-state index contributed by atoms with van der Waals surface area (Å²) in [6.45, 7) is 2.91. The third-order valence-corrected chi connectivity index (χ3v) is 5.98. The van der Waals surface area contributed by atoms with E-state index in [0.29, 0.717) is 41.0 Å². The van der Waals surface area contributed by atoms with Crippen LogP contribution in [0.15, 0.2) is 12.1 Å². The molecule has 23 heavy (non-hydrogen) atoms. The number of hydrogen-bond donors (Lipinski definition) is 1. The van der Waals surface area contributed by atoms with Crippen LogP contribution in [0.1, 0.15) is 31.4 Å². The number of fused-ring (bicyclic) bond motifs is 1. The lowest BCUT2D eigenvalue weighted by Crippen LogP contribution is -2.44. The molecular weight excluding hydrogens is 297 g/mol. The molecule has 2 unspecified atom stereocenters. The average molecular weight is 321 g/mol. The molecule has 1 heterocycles. The lowest BCUT2D eigenvalue weighted by Gasteiger charge is -2.31. The van der Waals surface area contributed by atoms with E-state index in [1.54, 1.807) is 13.2 Å². The van der Waals surface area contributed by atoms with E-state index in [0.717, 1.165) is 12.5 Å². The highest BCUT2D eigenvalue weighted by Crippen LogP contribution is 2.54. The maximum absolute atomic E-state index is 14.4. The number of halogens is 1. The zero-order chi connectivity index (χ0) is 16.1. The molecular formula is C18H24FNO3. The molecule has 2 saturated carbocycles. The van der Waals surface area contributed by atoms with Crippen molar-refractivity contribution in [3.63, 3.8) is 0 Å². The average Bonchev–Trinajstić information content (AvgIpc) is 3.17. The van der Waals surface area contributed by atoms with Gasteiger partial charge in [-0.15, -0.1) is 0 Å². The first-order valence-corrected chi connectivity index (χ1v) is 8.41. The SMILES string of the molecule is COc1cc(F)c(C(C)NC2[C@@H]3C[C@@H]4CO[C@H]2[C@H]4C3)cc1OC. The summed E-state index contributed by atoms with van der Waals surface area (Å²) in [6, 6.07) is 3.37. The van der Waals surface area contributed by atoms with Crippen molar-refractivity contribution < 1.29 is 18.6 Å². The molecule has 0 aromatic heterocycles. The Morgan fingerprint density at radius 1 is 1.17 bits per heavy atom. The molecule has 5 heteroatoms. The van der Waals surface area contributed by atoms with Crippen LogP contribution in [0.2, 0.25) is 0 Å². The standard InChI is InChI=1S/C18H24FNO3/c1-9(12-6-15(21-2)16(22-3)7-14(12)19)20-17-10-4-11-8-23-18(17)13(11)5-10/h6-7,9-11,13,17-18,20H,4-5,8H2,1-3H3/t9?,10-,11-,13+,17?,18+/m1/s1. The highest BCUT2D eigenvalue weighted by molar-refractivity contribution is 5.44. The molecule has 2 aliphatic carbocycles. The van der Waals surface area contributed by atoms with Gasteiger partial charge in [-0.3, -0.25) is 0 Å². The predicted octanol–water partition coefficient (Wildman–Crippen LogP) is 2.92. The molecule has 126 valence electrons. The van der Waals surface area contributed by atoms with Gasteiger partial charge in [-0.1, -0.05) is 0 Å². The number of rotatable bonds is 5. The molecule has 6 atom stereocenters. The minimum Gasteiger partial charge on any atom is -0.493 e. The van der Waals surface area contributed by atoms with Crippen molar-refractivity contribution in [3.05, 3.63) is 23.5 Å². The Morgan fingerprint density at radius 2 is 1.91 bits per heavy atom. The minimum atomic E-state index is -0.268. The number of methoxy groups -OCH3 is 2. The smallest absolute Gasteiger partial charge is 0.163 e. The van der Waals surface area contributed by atoms with Gasteiger partial charge in [0, 0.05) is 23.7 Å². The van der Waals surface area contributed by atoms with Crippen molar-refractivity contribution in [1.82, 2.24) is 5.32 Å². The van der Waals surface area contributed by atoms with Gasteiger partial charge < -0.3 is 19.5 Å². The van der Waals surface area contributed by atoms with E-state index in [9.17, 15) is 4.39 Å². The van der Waals surface area contributed by atoms with Crippen LogP contribution in [-0.2, 0) is 4.74 Å². The Labute approximate surface area is 136 Å². The van der Waals surface area contributed by atoms with Gasteiger partial charge in [0.2, 0.25) is 0 Å². The highest BCUT2D eigenvalue weighted by atomic mass is 19.1. The van der Waals surface area contributed by atoms with Crippen molar-refractivity contribution >= 4 is 0 Å². The van der Waals surface area contributed by atoms with Gasteiger partial charge in [0.05, 0.1) is 26.9 Å². The zero-order valence-electron chi connectivity index (χ0n) is 13.8. The quantitative estimate of drug-likeness (QED) is 0.905. The largest absolute Gasteiger partial charge is 0.493 e. The molecule has 0 radical (unpaired) electrons. The van der Waals surface area contributed by atoms with E-state index in [2.05, 4.69) is 5.32 Å².